The van der Waals surface area contributed by atoms with Crippen LogP contribution in [0.1, 0.15) is 24.1 Å². The lowest BCUT2D eigenvalue weighted by atomic mass is 9.74. The predicted molar refractivity (Wildman–Crippen MR) is 113 cm³/mol. The lowest BCUT2D eigenvalue weighted by molar-refractivity contribution is 0.307. The van der Waals surface area contributed by atoms with E-state index >= 15 is 0 Å². The van der Waals surface area contributed by atoms with Crippen LogP contribution in [0.15, 0.2) is 58.1 Å². The molecule has 6 rings (SSSR count). The monoisotopic (exact) mass is 383 g/mol. The van der Waals surface area contributed by atoms with Gasteiger partial charge >= 0.3 is 0 Å². The Hall–Kier alpha value is -3.25. The van der Waals surface area contributed by atoms with Crippen LogP contribution in [-0.2, 0) is 5.41 Å². The normalized spacial score (nSPS) is 17.7. The zero-order valence-electron chi connectivity index (χ0n) is 16.0. The first-order valence-corrected chi connectivity index (χ1v) is 10.1. The van der Waals surface area contributed by atoms with Gasteiger partial charge in [0.25, 0.3) is 0 Å². The maximum absolute atomic E-state index is 5.95. The van der Waals surface area contributed by atoms with Gasteiger partial charge in [0.2, 0.25) is 0 Å². The summed E-state index contributed by atoms with van der Waals surface area (Å²) in [5.41, 5.74) is 5.30. The summed E-state index contributed by atoms with van der Waals surface area (Å²) >= 11 is 0. The van der Waals surface area contributed by atoms with E-state index in [-0.39, 0.29) is 5.41 Å². The minimum atomic E-state index is 0.113. The van der Waals surface area contributed by atoms with Crippen molar-refractivity contribution in [1.82, 2.24) is 20.3 Å². The first kappa shape index (κ1) is 16.7. The number of H-pyrrole nitrogens is 1. The molecule has 1 fully saturated rings. The third-order valence-corrected chi connectivity index (χ3v) is 6.14. The highest BCUT2D eigenvalue weighted by atomic mass is 16.3. The fourth-order valence-electron chi connectivity index (χ4n) is 4.58. The summed E-state index contributed by atoms with van der Waals surface area (Å²) in [4.78, 5) is 17.6. The van der Waals surface area contributed by atoms with Crippen LogP contribution in [-0.4, -0.2) is 40.8 Å². The smallest absolute Gasteiger partial charge is 0.196 e. The molecule has 6 heteroatoms. The Bertz CT molecular complexity index is 1200. The van der Waals surface area contributed by atoms with E-state index in [1.54, 1.807) is 6.20 Å². The second kappa shape index (κ2) is 6.39. The third kappa shape index (κ3) is 2.71. The van der Waals surface area contributed by atoms with Gasteiger partial charge in [0.05, 0.1) is 17.9 Å². The van der Waals surface area contributed by atoms with Crippen LogP contribution < -0.4 is 5.32 Å². The van der Waals surface area contributed by atoms with Gasteiger partial charge in [-0.3, -0.25) is 4.99 Å². The van der Waals surface area contributed by atoms with E-state index < -0.39 is 0 Å². The van der Waals surface area contributed by atoms with E-state index in [0.29, 0.717) is 11.6 Å². The molecule has 2 aliphatic rings. The molecule has 5 heterocycles. The second-order valence-electron chi connectivity index (χ2n) is 7.93. The van der Waals surface area contributed by atoms with Crippen molar-refractivity contribution >= 4 is 17.2 Å². The topological polar surface area (TPSA) is 79.1 Å². The maximum atomic E-state index is 5.95. The number of aromatic amines is 1. The largest absolute Gasteiger partial charge is 0.453 e. The van der Waals surface area contributed by atoms with Gasteiger partial charge in [-0.15, -0.1) is 0 Å². The Morgan fingerprint density at radius 3 is 2.83 bits per heavy atom. The molecule has 0 radical (unpaired) electrons. The lowest BCUT2D eigenvalue weighted by Gasteiger charge is -2.38. The minimum Gasteiger partial charge on any atom is -0.453 e. The SMILES string of the molecule is C1=NCC2(CCNCC2)c2[nH]c(-c3ccnc(-c4cc5ccccc5o4)n3)cc21. The highest BCUT2D eigenvalue weighted by molar-refractivity contribution is 5.86. The van der Waals surface area contributed by atoms with Gasteiger partial charge in [0.1, 0.15) is 5.58 Å². The molecule has 3 aromatic heterocycles. The maximum Gasteiger partial charge on any atom is 0.196 e. The van der Waals surface area contributed by atoms with Gasteiger partial charge in [0.15, 0.2) is 11.6 Å². The summed E-state index contributed by atoms with van der Waals surface area (Å²) in [6.07, 6.45) is 5.99. The number of rotatable bonds is 2. The van der Waals surface area contributed by atoms with Crippen LogP contribution in [0, 0.1) is 0 Å². The Kier molecular flexibility index (Phi) is 3.67. The summed E-state index contributed by atoms with van der Waals surface area (Å²) in [5.74, 6) is 1.28. The Labute approximate surface area is 168 Å². The number of furan rings is 1. The summed E-state index contributed by atoms with van der Waals surface area (Å²) in [6, 6.07) is 14.0. The highest BCUT2D eigenvalue weighted by Gasteiger charge is 2.38. The molecule has 0 aliphatic carbocycles. The number of nitrogens with one attached hydrogen (secondary N) is 2. The van der Waals surface area contributed by atoms with Crippen LogP contribution in [0.25, 0.3) is 33.9 Å². The van der Waals surface area contributed by atoms with Crippen molar-refractivity contribution in [2.45, 2.75) is 18.3 Å². The molecule has 1 spiro atoms. The lowest BCUT2D eigenvalue weighted by Crippen LogP contribution is -2.44. The van der Waals surface area contributed by atoms with Crippen molar-refractivity contribution in [3.05, 3.63) is 59.9 Å². The number of hydrogen-bond donors (Lipinski definition) is 2. The molecular formula is C23H21N5O. The molecule has 0 atom stereocenters. The quantitative estimate of drug-likeness (QED) is 0.550. The van der Waals surface area contributed by atoms with Crippen molar-refractivity contribution in [3.63, 3.8) is 0 Å². The van der Waals surface area contributed by atoms with Crippen LogP contribution in [0.3, 0.4) is 0 Å². The first-order chi connectivity index (χ1) is 14.3. The van der Waals surface area contributed by atoms with Crippen molar-refractivity contribution in [1.29, 1.82) is 0 Å². The van der Waals surface area contributed by atoms with E-state index in [4.69, 9.17) is 9.40 Å². The fourth-order valence-corrected chi connectivity index (χ4v) is 4.58. The zero-order valence-corrected chi connectivity index (χ0v) is 16.0. The molecule has 144 valence electrons. The summed E-state index contributed by atoms with van der Waals surface area (Å²) < 4.78 is 5.95. The Morgan fingerprint density at radius 2 is 1.93 bits per heavy atom. The first-order valence-electron chi connectivity index (χ1n) is 10.1. The molecule has 0 saturated carbocycles. The minimum absolute atomic E-state index is 0.113. The molecule has 0 unspecified atom stereocenters. The second-order valence-corrected chi connectivity index (χ2v) is 7.93. The Balaban J connectivity index is 1.41. The van der Waals surface area contributed by atoms with Crippen molar-refractivity contribution < 1.29 is 4.42 Å². The average Bonchev–Trinajstić information content (AvgIpc) is 3.40. The molecule has 2 aliphatic heterocycles. The number of aromatic nitrogens is 3. The Morgan fingerprint density at radius 1 is 1.03 bits per heavy atom. The van der Waals surface area contributed by atoms with Gasteiger partial charge in [-0.2, -0.15) is 0 Å². The fraction of sp³-hybridized carbons (Fsp3) is 0.261. The molecule has 6 nitrogen and oxygen atoms in total. The van der Waals surface area contributed by atoms with Gasteiger partial charge < -0.3 is 14.7 Å². The number of benzene rings is 1. The summed E-state index contributed by atoms with van der Waals surface area (Å²) in [7, 11) is 0. The molecule has 0 amide bonds. The van der Waals surface area contributed by atoms with E-state index in [0.717, 1.165) is 54.8 Å². The molecule has 1 saturated heterocycles. The van der Waals surface area contributed by atoms with E-state index in [2.05, 4.69) is 26.3 Å². The predicted octanol–water partition coefficient (Wildman–Crippen LogP) is 3.94. The number of aliphatic imine (C=N–C) groups is 1. The van der Waals surface area contributed by atoms with Crippen LogP contribution >= 0.6 is 0 Å². The van der Waals surface area contributed by atoms with E-state index in [1.807, 2.05) is 42.6 Å². The summed E-state index contributed by atoms with van der Waals surface area (Å²) in [5, 5.41) is 4.52. The number of nitrogens with zero attached hydrogens (tertiary/aromatic N) is 3. The van der Waals surface area contributed by atoms with Crippen molar-refractivity contribution in [2.24, 2.45) is 4.99 Å². The van der Waals surface area contributed by atoms with Gasteiger partial charge in [-0.1, -0.05) is 18.2 Å². The van der Waals surface area contributed by atoms with Crippen molar-refractivity contribution in [2.75, 3.05) is 19.6 Å². The van der Waals surface area contributed by atoms with Crippen LogP contribution in [0.4, 0.5) is 0 Å². The molecule has 0 bridgehead atoms. The summed E-state index contributed by atoms with van der Waals surface area (Å²) in [6.45, 7) is 2.93. The number of para-hydroxylation sites is 1. The number of fused-ring (bicyclic) bond motifs is 3. The molecular weight excluding hydrogens is 362 g/mol. The van der Waals surface area contributed by atoms with Gasteiger partial charge in [-0.25, -0.2) is 9.97 Å². The third-order valence-electron chi connectivity index (χ3n) is 6.14. The van der Waals surface area contributed by atoms with E-state index in [9.17, 15) is 0 Å². The standard InChI is InChI=1S/C23H21N5O/c1-2-4-19-15(3-1)12-20(29-19)22-26-8-5-17(28-22)18-11-16-13-25-14-23(21(16)27-18)6-9-24-10-7-23/h1-5,8,11-13,24,27H,6-7,9-10,14H2. The molecule has 2 N–H and O–H groups in total. The van der Waals surface area contributed by atoms with Gasteiger partial charge in [-0.05, 0) is 50.2 Å². The number of piperidine rings is 1. The molecule has 29 heavy (non-hydrogen) atoms. The van der Waals surface area contributed by atoms with Crippen molar-refractivity contribution in [3.8, 4) is 23.0 Å². The van der Waals surface area contributed by atoms with Crippen LogP contribution in [0.2, 0.25) is 0 Å². The highest BCUT2D eigenvalue weighted by Crippen LogP contribution is 2.39. The molecule has 1 aromatic carbocycles. The number of hydrogen-bond acceptors (Lipinski definition) is 5. The zero-order chi connectivity index (χ0) is 19.3. The van der Waals surface area contributed by atoms with Gasteiger partial charge in [0, 0.05) is 34.5 Å². The average molecular weight is 383 g/mol. The van der Waals surface area contributed by atoms with E-state index in [1.165, 1.54) is 11.3 Å². The van der Waals surface area contributed by atoms with Crippen LogP contribution in [0.5, 0.6) is 0 Å². The molecule has 4 aromatic rings.